The van der Waals surface area contributed by atoms with Crippen LogP contribution >= 0.6 is 0 Å². The number of hydrogen-bond donors (Lipinski definition) is 1. The van der Waals surface area contributed by atoms with Crippen molar-refractivity contribution in [3.8, 4) is 23.8 Å². The van der Waals surface area contributed by atoms with Gasteiger partial charge in [0.05, 0.1) is 20.4 Å². The summed E-state index contributed by atoms with van der Waals surface area (Å²) >= 11 is 0. The van der Waals surface area contributed by atoms with Crippen molar-refractivity contribution >= 4 is 17.1 Å². The van der Waals surface area contributed by atoms with Crippen molar-refractivity contribution in [3.63, 3.8) is 0 Å². The molecular formula is C51H42FN5O4. The summed E-state index contributed by atoms with van der Waals surface area (Å²) in [5.41, 5.74) is 3.81. The summed E-state index contributed by atoms with van der Waals surface area (Å²) in [4.78, 5) is 13.2. The van der Waals surface area contributed by atoms with Crippen LogP contribution in [0.2, 0.25) is 0 Å². The largest absolute Gasteiger partial charge is 0.497 e. The minimum absolute atomic E-state index is 0.230. The van der Waals surface area contributed by atoms with E-state index in [4.69, 9.17) is 30.4 Å². The number of ether oxygens (including phenoxy) is 4. The molecule has 2 aromatic heterocycles. The highest BCUT2D eigenvalue weighted by atomic mass is 19.1. The Hall–Kier alpha value is -7.32. The van der Waals surface area contributed by atoms with Crippen molar-refractivity contribution in [1.29, 1.82) is 0 Å². The highest BCUT2D eigenvalue weighted by molar-refractivity contribution is 5.75. The second-order valence-corrected chi connectivity index (χ2v) is 14.7. The first kappa shape index (κ1) is 39.2. The van der Waals surface area contributed by atoms with Gasteiger partial charge in [0.1, 0.15) is 46.6 Å². The Morgan fingerprint density at radius 3 is 1.61 bits per heavy atom. The molecule has 1 saturated heterocycles. The summed E-state index contributed by atoms with van der Waals surface area (Å²) in [6.07, 6.45) is 4.74. The van der Waals surface area contributed by atoms with Crippen LogP contribution in [0.15, 0.2) is 176 Å². The predicted molar refractivity (Wildman–Crippen MR) is 233 cm³/mol. The topological polar surface area (TPSA) is 92.6 Å². The standard InChI is InChI=1S/C51H42FN5O4/c1-4-44-45(61-51(38-21-13-7-14-22-38,39-23-15-8-16-24-39)40-27-31-42(59-3)32-28-40)33-46(60-44)57-47-43(34-53-48(52)55-47)54-49(57)56-50(35-17-9-5-10-18-35,36-19-11-6-12-20-36)37-25-29-41(58-2)30-26-37/h1,5-32,34,44-46H,33H2,2-3H3,(H,54,56)/t44-,45+,46-/m1/s1. The lowest BCUT2D eigenvalue weighted by Gasteiger charge is -2.38. The van der Waals surface area contributed by atoms with E-state index in [2.05, 4.69) is 45.5 Å². The average molecular weight is 808 g/mol. The molecular weight excluding hydrogens is 766 g/mol. The van der Waals surface area contributed by atoms with Gasteiger partial charge in [-0.05, 0) is 57.6 Å². The number of halogens is 1. The van der Waals surface area contributed by atoms with Crippen LogP contribution in [-0.4, -0.2) is 45.9 Å². The minimum atomic E-state index is -1.14. The molecule has 0 saturated carbocycles. The van der Waals surface area contributed by atoms with Gasteiger partial charge in [0, 0.05) is 6.42 Å². The van der Waals surface area contributed by atoms with Crippen LogP contribution in [0.3, 0.4) is 0 Å². The smallest absolute Gasteiger partial charge is 0.310 e. The van der Waals surface area contributed by atoms with Crippen LogP contribution in [0, 0.1) is 18.4 Å². The van der Waals surface area contributed by atoms with Crippen molar-refractivity contribution in [2.45, 2.75) is 36.0 Å². The van der Waals surface area contributed by atoms with Crippen LogP contribution in [-0.2, 0) is 20.6 Å². The van der Waals surface area contributed by atoms with Crippen LogP contribution in [0.1, 0.15) is 46.0 Å². The number of benzene rings is 6. The van der Waals surface area contributed by atoms with E-state index in [1.54, 1.807) is 18.8 Å². The molecule has 9 rings (SSSR count). The normalized spacial score (nSPS) is 16.5. The lowest BCUT2D eigenvalue weighted by Crippen LogP contribution is -2.39. The Morgan fingerprint density at radius 2 is 1.11 bits per heavy atom. The molecule has 0 spiro atoms. The van der Waals surface area contributed by atoms with Crippen molar-refractivity contribution in [3.05, 3.63) is 216 Å². The summed E-state index contributed by atoms with van der Waals surface area (Å²) in [6, 6.07) is 56.0. The van der Waals surface area contributed by atoms with E-state index in [9.17, 15) is 0 Å². The number of hydrogen-bond acceptors (Lipinski definition) is 8. The fraction of sp³-hybridized carbons (Fsp3) is 0.157. The fourth-order valence-electron chi connectivity index (χ4n) is 8.49. The van der Waals surface area contributed by atoms with E-state index in [1.165, 1.54) is 6.20 Å². The Kier molecular flexibility index (Phi) is 10.7. The molecule has 0 aliphatic carbocycles. The third-order valence-corrected chi connectivity index (χ3v) is 11.4. The first-order chi connectivity index (χ1) is 30.0. The highest BCUT2D eigenvalue weighted by Gasteiger charge is 2.47. The maximum absolute atomic E-state index is 15.2. The second kappa shape index (κ2) is 16.7. The van der Waals surface area contributed by atoms with Crippen molar-refractivity contribution < 1.29 is 23.3 Å². The summed E-state index contributed by atoms with van der Waals surface area (Å²) < 4.78 is 42.4. The lowest BCUT2D eigenvalue weighted by molar-refractivity contribution is -0.0676. The third kappa shape index (κ3) is 7.14. The number of methoxy groups -OCH3 is 2. The molecule has 0 radical (unpaired) electrons. The zero-order chi connectivity index (χ0) is 41.8. The van der Waals surface area contributed by atoms with Gasteiger partial charge in [-0.2, -0.15) is 9.37 Å². The molecule has 1 N–H and O–H groups in total. The van der Waals surface area contributed by atoms with Crippen molar-refractivity contribution in [1.82, 2.24) is 19.5 Å². The van der Waals surface area contributed by atoms with Crippen molar-refractivity contribution in [2.24, 2.45) is 0 Å². The minimum Gasteiger partial charge on any atom is -0.497 e. The molecule has 61 heavy (non-hydrogen) atoms. The zero-order valence-electron chi connectivity index (χ0n) is 33.6. The molecule has 302 valence electrons. The van der Waals surface area contributed by atoms with E-state index in [-0.39, 0.29) is 12.1 Å². The van der Waals surface area contributed by atoms with Gasteiger partial charge in [0.2, 0.25) is 5.95 Å². The lowest BCUT2D eigenvalue weighted by atomic mass is 9.77. The SMILES string of the molecule is C#C[C@H]1O[C@@H](n2c(NC(c3ccccc3)(c3ccccc3)c3ccc(OC)cc3)nc3cnc(F)nc32)C[C@@H]1OC(c1ccccc1)(c1ccccc1)c1ccc(OC)cc1. The molecule has 1 aliphatic rings. The fourth-order valence-corrected chi connectivity index (χ4v) is 8.49. The van der Waals surface area contributed by atoms with Crippen LogP contribution in [0.5, 0.6) is 11.5 Å². The summed E-state index contributed by atoms with van der Waals surface area (Å²) in [5.74, 6) is 4.65. The van der Waals surface area contributed by atoms with Crippen LogP contribution in [0.4, 0.5) is 10.3 Å². The molecule has 3 heterocycles. The number of anilines is 1. The quantitative estimate of drug-likeness (QED) is 0.0700. The van der Waals surface area contributed by atoms with E-state index >= 15 is 4.39 Å². The molecule has 3 atom stereocenters. The second-order valence-electron chi connectivity index (χ2n) is 14.7. The predicted octanol–water partition coefficient (Wildman–Crippen LogP) is 9.68. The number of nitrogens with one attached hydrogen (secondary N) is 1. The molecule has 10 heteroatoms. The molecule has 0 amide bonds. The third-order valence-electron chi connectivity index (χ3n) is 11.4. The highest BCUT2D eigenvalue weighted by Crippen LogP contribution is 2.47. The zero-order valence-corrected chi connectivity index (χ0v) is 33.6. The van der Waals surface area contributed by atoms with E-state index in [0.717, 1.165) is 33.4 Å². The van der Waals surface area contributed by atoms with Crippen molar-refractivity contribution in [2.75, 3.05) is 19.5 Å². The van der Waals surface area contributed by atoms with Crippen LogP contribution in [0.25, 0.3) is 11.2 Å². The summed E-state index contributed by atoms with van der Waals surface area (Å²) in [7, 11) is 3.28. The molecule has 0 bridgehead atoms. The van der Waals surface area contributed by atoms with Gasteiger partial charge < -0.3 is 24.3 Å². The van der Waals surface area contributed by atoms with Gasteiger partial charge in [-0.15, -0.1) is 6.42 Å². The van der Waals surface area contributed by atoms with E-state index < -0.39 is 35.7 Å². The Morgan fingerprint density at radius 1 is 0.656 bits per heavy atom. The average Bonchev–Trinajstić information content (AvgIpc) is 3.90. The first-order valence-corrected chi connectivity index (χ1v) is 20.0. The molecule has 1 fully saturated rings. The van der Waals surface area contributed by atoms with Gasteiger partial charge >= 0.3 is 6.08 Å². The van der Waals surface area contributed by atoms with Gasteiger partial charge in [0.15, 0.2) is 5.65 Å². The molecule has 0 unspecified atom stereocenters. The molecule has 1 aliphatic heterocycles. The molecule has 8 aromatic rings. The number of fused-ring (bicyclic) bond motifs is 1. The maximum Gasteiger partial charge on any atom is 0.310 e. The van der Waals surface area contributed by atoms with Gasteiger partial charge in [-0.3, -0.25) is 4.57 Å². The van der Waals surface area contributed by atoms with Gasteiger partial charge in [-0.1, -0.05) is 152 Å². The number of rotatable bonds is 13. The summed E-state index contributed by atoms with van der Waals surface area (Å²) in [5, 5.41) is 3.85. The Bertz CT molecular complexity index is 2680. The number of terminal acetylenes is 1. The molecule has 6 aromatic carbocycles. The Labute approximate surface area is 353 Å². The van der Waals surface area contributed by atoms with E-state index in [0.29, 0.717) is 23.0 Å². The summed E-state index contributed by atoms with van der Waals surface area (Å²) in [6.45, 7) is 0. The molecule has 9 nitrogen and oxygen atoms in total. The monoisotopic (exact) mass is 807 g/mol. The number of aromatic nitrogens is 4. The van der Waals surface area contributed by atoms with E-state index in [1.807, 2.05) is 146 Å². The van der Waals surface area contributed by atoms with Gasteiger partial charge in [0.25, 0.3) is 0 Å². The number of nitrogens with zero attached hydrogens (tertiary/aromatic N) is 4. The first-order valence-electron chi connectivity index (χ1n) is 20.0. The van der Waals surface area contributed by atoms with Gasteiger partial charge in [-0.25, -0.2) is 9.97 Å². The maximum atomic E-state index is 15.2. The Balaban J connectivity index is 1.20. The van der Waals surface area contributed by atoms with Crippen LogP contribution < -0.4 is 14.8 Å². The number of imidazole rings is 1.